The second-order valence-electron chi connectivity index (χ2n) is 8.14. The van der Waals surface area contributed by atoms with Gasteiger partial charge in [-0.15, -0.1) is 0 Å². The van der Waals surface area contributed by atoms with Crippen molar-refractivity contribution in [2.75, 3.05) is 0 Å². The van der Waals surface area contributed by atoms with Gasteiger partial charge in [-0.1, -0.05) is 0 Å². The third kappa shape index (κ3) is 5.29. The van der Waals surface area contributed by atoms with Crippen molar-refractivity contribution < 1.29 is 12.4 Å². The summed E-state index contributed by atoms with van der Waals surface area (Å²) in [6.45, 7) is 12.2. The van der Waals surface area contributed by atoms with Crippen molar-refractivity contribution in [1.29, 1.82) is 0 Å². The molecule has 0 unspecified atom stereocenters. The summed E-state index contributed by atoms with van der Waals surface area (Å²) >= 11 is -5.37. The summed E-state index contributed by atoms with van der Waals surface area (Å²) in [4.78, 5) is 0. The average Bonchev–Trinajstić information content (AvgIpc) is 2.45. The van der Waals surface area contributed by atoms with Gasteiger partial charge in [-0.2, -0.15) is 0 Å². The molecule has 5 heteroatoms. The Morgan fingerprint density at radius 2 is 1.04 bits per heavy atom. The van der Waals surface area contributed by atoms with Crippen LogP contribution in [0.5, 0.6) is 11.5 Å². The zero-order chi connectivity index (χ0) is 18.9. The van der Waals surface area contributed by atoms with E-state index in [-0.39, 0.29) is 10.8 Å². The SMILES string of the molecule is CC(C)(C)c1ccccc1[O][Sb](=[O])([OH])[O]c1ccccc1C(C)(C)C. The van der Waals surface area contributed by atoms with Crippen LogP contribution in [-0.4, -0.2) is 23.4 Å². The molecule has 4 nitrogen and oxygen atoms in total. The first-order chi connectivity index (χ1) is 11.4. The van der Waals surface area contributed by atoms with Gasteiger partial charge in [-0.25, -0.2) is 0 Å². The second kappa shape index (κ2) is 7.09. The summed E-state index contributed by atoms with van der Waals surface area (Å²) in [6.07, 6.45) is 0. The molecule has 0 aliphatic carbocycles. The van der Waals surface area contributed by atoms with Gasteiger partial charge in [0.1, 0.15) is 0 Å². The molecule has 0 amide bonds. The van der Waals surface area contributed by atoms with Gasteiger partial charge in [0.15, 0.2) is 0 Å². The number of hydrogen-bond donors (Lipinski definition) is 1. The van der Waals surface area contributed by atoms with Gasteiger partial charge >= 0.3 is 156 Å². The van der Waals surface area contributed by atoms with E-state index in [0.29, 0.717) is 11.5 Å². The predicted molar refractivity (Wildman–Crippen MR) is 100 cm³/mol. The summed E-state index contributed by atoms with van der Waals surface area (Å²) in [7, 11) is 0. The number of rotatable bonds is 4. The molecule has 0 radical (unpaired) electrons. The Morgan fingerprint density at radius 1 is 0.720 bits per heavy atom. The molecule has 0 aliphatic rings. The molecule has 0 saturated heterocycles. The van der Waals surface area contributed by atoms with Crippen LogP contribution in [0.1, 0.15) is 52.7 Å². The monoisotopic (exact) mass is 452 g/mol. The molecule has 0 atom stereocenters. The van der Waals surface area contributed by atoms with Crippen molar-refractivity contribution in [2.24, 2.45) is 0 Å². The molecule has 2 aromatic carbocycles. The number of benzene rings is 2. The Kier molecular flexibility index (Phi) is 5.65. The molecule has 0 fully saturated rings. The molecule has 0 aromatic heterocycles. The van der Waals surface area contributed by atoms with Gasteiger partial charge in [-0.05, 0) is 0 Å². The Bertz CT molecular complexity index is 721. The summed E-state index contributed by atoms with van der Waals surface area (Å²) in [5.74, 6) is 0.790. The van der Waals surface area contributed by atoms with Gasteiger partial charge in [-0.3, -0.25) is 0 Å². The van der Waals surface area contributed by atoms with Crippen molar-refractivity contribution in [1.82, 2.24) is 0 Å². The van der Waals surface area contributed by atoms with Crippen molar-refractivity contribution in [3.05, 3.63) is 59.7 Å². The van der Waals surface area contributed by atoms with Crippen molar-refractivity contribution in [2.45, 2.75) is 52.4 Å². The molecule has 2 aromatic rings. The Hall–Kier alpha value is -1.38. The molecular weight excluding hydrogens is 426 g/mol. The van der Waals surface area contributed by atoms with Gasteiger partial charge in [0.2, 0.25) is 0 Å². The molecule has 0 bridgehead atoms. The molecule has 0 heterocycles. The molecule has 1 N–H and O–H groups in total. The van der Waals surface area contributed by atoms with Crippen LogP contribution in [0, 0.1) is 0 Å². The maximum absolute atomic E-state index is 12.7. The van der Waals surface area contributed by atoms with Crippen molar-refractivity contribution >= 4 is 20.1 Å². The topological polar surface area (TPSA) is 55.8 Å². The third-order valence-corrected chi connectivity index (χ3v) is 6.26. The van der Waals surface area contributed by atoms with E-state index in [4.69, 9.17) is 6.03 Å². The fourth-order valence-corrected chi connectivity index (χ4v) is 5.03. The number of hydrogen-bond acceptors (Lipinski definition) is 3. The molecule has 0 spiro atoms. The van der Waals surface area contributed by atoms with Gasteiger partial charge in [0, 0.05) is 0 Å². The van der Waals surface area contributed by atoms with E-state index in [0.717, 1.165) is 11.1 Å². The first-order valence-electron chi connectivity index (χ1n) is 8.31. The zero-order valence-corrected chi connectivity index (χ0v) is 18.3. The molecule has 0 aliphatic heterocycles. The first-order valence-corrected chi connectivity index (χ1v) is 12.6. The van der Waals surface area contributed by atoms with E-state index in [2.05, 4.69) is 0 Å². The minimum atomic E-state index is -5.37. The summed E-state index contributed by atoms with van der Waals surface area (Å²) < 4.78 is 34.1. The van der Waals surface area contributed by atoms with Gasteiger partial charge < -0.3 is 0 Å². The standard InChI is InChI=1S/2C10H14O.H2O.O.Sb/c2*1-10(2,3)8-6-4-5-7-9(8)11;;;/h2*4-7,11H,1-3H3;1H2;;/q;;;;+3/p-3. The Labute approximate surface area is 155 Å². The maximum atomic E-state index is 12.7. The first kappa shape index (κ1) is 19.9. The Morgan fingerprint density at radius 3 is 1.36 bits per heavy atom. The van der Waals surface area contributed by atoms with Crippen LogP contribution in [0.3, 0.4) is 0 Å². The molecule has 2 rings (SSSR count). The zero-order valence-electron chi connectivity index (χ0n) is 15.7. The van der Waals surface area contributed by atoms with E-state index in [1.165, 1.54) is 0 Å². The van der Waals surface area contributed by atoms with Crippen LogP contribution < -0.4 is 6.03 Å². The van der Waals surface area contributed by atoms with Crippen LogP contribution in [0.25, 0.3) is 0 Å². The summed E-state index contributed by atoms with van der Waals surface area (Å²) in [5, 5.41) is 0. The van der Waals surface area contributed by atoms with Crippen molar-refractivity contribution in [3.63, 3.8) is 0 Å². The van der Waals surface area contributed by atoms with Crippen LogP contribution in [0.2, 0.25) is 0 Å². The van der Waals surface area contributed by atoms with E-state index in [1.54, 1.807) is 24.3 Å². The summed E-state index contributed by atoms with van der Waals surface area (Å²) in [5.41, 5.74) is 1.32. The van der Waals surface area contributed by atoms with Crippen LogP contribution in [-0.2, 0) is 13.8 Å². The fraction of sp³-hybridized carbons (Fsp3) is 0.400. The quantitative estimate of drug-likeness (QED) is 0.688. The van der Waals surface area contributed by atoms with E-state index >= 15 is 0 Å². The van der Waals surface area contributed by atoms with E-state index < -0.39 is 20.1 Å². The van der Waals surface area contributed by atoms with Crippen LogP contribution in [0.15, 0.2) is 48.5 Å². The number of para-hydroxylation sites is 2. The Balaban J connectivity index is 2.33. The normalized spacial score (nSPS) is 12.8. The molecule has 136 valence electrons. The van der Waals surface area contributed by atoms with Crippen LogP contribution >= 0.6 is 0 Å². The average molecular weight is 453 g/mol. The molecular formula is C20H27O4Sb. The fourth-order valence-electron chi connectivity index (χ4n) is 2.60. The summed E-state index contributed by atoms with van der Waals surface area (Å²) in [6, 6.07) is 14.6. The molecule has 0 saturated carbocycles. The van der Waals surface area contributed by atoms with Crippen molar-refractivity contribution in [3.8, 4) is 11.5 Å². The molecule has 25 heavy (non-hydrogen) atoms. The predicted octanol–water partition coefficient (Wildman–Crippen LogP) is 4.60. The minimum absolute atomic E-state index is 0.208. The van der Waals surface area contributed by atoms with Gasteiger partial charge in [0.05, 0.1) is 0 Å². The van der Waals surface area contributed by atoms with E-state index in [9.17, 15) is 6.40 Å². The van der Waals surface area contributed by atoms with Crippen LogP contribution in [0.4, 0.5) is 0 Å². The third-order valence-electron chi connectivity index (χ3n) is 3.82. The van der Waals surface area contributed by atoms with E-state index in [1.807, 2.05) is 65.8 Å². The van der Waals surface area contributed by atoms with Gasteiger partial charge in [0.25, 0.3) is 0 Å². The second-order valence-corrected chi connectivity index (χ2v) is 11.9.